The van der Waals surface area contributed by atoms with Crippen LogP contribution in [0.4, 0.5) is 0 Å². The average molecular weight is 267 g/mol. The summed E-state index contributed by atoms with van der Waals surface area (Å²) in [4.78, 5) is 0. The molecule has 0 spiro atoms. The van der Waals surface area contributed by atoms with Crippen molar-refractivity contribution in [3.05, 3.63) is 29.8 Å². The zero-order chi connectivity index (χ0) is 14.1. The van der Waals surface area contributed by atoms with Crippen molar-refractivity contribution in [2.24, 2.45) is 5.73 Å². The highest BCUT2D eigenvalue weighted by atomic mass is 16.5. The van der Waals surface area contributed by atoms with E-state index in [9.17, 15) is 0 Å². The maximum absolute atomic E-state index is 6.16. The van der Waals surface area contributed by atoms with Gasteiger partial charge in [-0.05, 0) is 30.5 Å². The molecule has 0 heterocycles. The first-order chi connectivity index (χ1) is 9.22. The molecule has 0 bridgehead atoms. The summed E-state index contributed by atoms with van der Waals surface area (Å²) in [6, 6.07) is 7.87. The number of methoxy groups -OCH3 is 2. The Bertz CT molecular complexity index is 357. The predicted molar refractivity (Wildman–Crippen MR) is 76.4 cm³/mol. The monoisotopic (exact) mass is 267 g/mol. The Labute approximate surface area is 115 Å². The zero-order valence-electron chi connectivity index (χ0n) is 12.1. The highest BCUT2D eigenvalue weighted by Crippen LogP contribution is 2.25. The fourth-order valence-electron chi connectivity index (χ4n) is 1.91. The predicted octanol–water partition coefficient (Wildman–Crippen LogP) is 2.53. The number of hydrogen-bond acceptors (Lipinski definition) is 4. The highest BCUT2D eigenvalue weighted by molar-refractivity contribution is 5.30. The Balaban J connectivity index is 2.71. The molecule has 2 atom stereocenters. The Hall–Kier alpha value is -1.10. The maximum atomic E-state index is 6.16. The van der Waals surface area contributed by atoms with Gasteiger partial charge in [0.05, 0.1) is 13.2 Å². The van der Waals surface area contributed by atoms with Crippen LogP contribution in [0.1, 0.15) is 31.4 Å². The van der Waals surface area contributed by atoms with Crippen molar-refractivity contribution in [3.63, 3.8) is 0 Å². The molecule has 2 N–H and O–H groups in total. The average Bonchev–Trinajstić information content (AvgIpc) is 2.46. The number of nitrogens with two attached hydrogens (primary N) is 1. The lowest BCUT2D eigenvalue weighted by atomic mass is 10.0. The van der Waals surface area contributed by atoms with E-state index in [4.69, 9.17) is 19.9 Å². The molecule has 1 rings (SSSR count). The number of hydrogen-bond donors (Lipinski definition) is 1. The number of rotatable bonds is 9. The SMILES string of the molecule is CCC(N)C(OCCCOC)c1cccc(OC)c1. The van der Waals surface area contributed by atoms with Gasteiger partial charge in [0.1, 0.15) is 5.75 Å². The third-order valence-electron chi connectivity index (χ3n) is 3.07. The Morgan fingerprint density at radius 2 is 2.00 bits per heavy atom. The fraction of sp³-hybridized carbons (Fsp3) is 0.600. The van der Waals surface area contributed by atoms with E-state index in [1.54, 1.807) is 14.2 Å². The molecule has 0 aliphatic heterocycles. The van der Waals surface area contributed by atoms with Crippen LogP contribution in [0.15, 0.2) is 24.3 Å². The Morgan fingerprint density at radius 1 is 1.21 bits per heavy atom. The van der Waals surface area contributed by atoms with E-state index in [0.29, 0.717) is 13.2 Å². The van der Waals surface area contributed by atoms with Crippen molar-refractivity contribution in [3.8, 4) is 5.75 Å². The van der Waals surface area contributed by atoms with Gasteiger partial charge in [0.25, 0.3) is 0 Å². The Kier molecular flexibility index (Phi) is 7.48. The summed E-state index contributed by atoms with van der Waals surface area (Å²) >= 11 is 0. The topological polar surface area (TPSA) is 53.7 Å². The van der Waals surface area contributed by atoms with E-state index in [2.05, 4.69) is 6.92 Å². The first-order valence-electron chi connectivity index (χ1n) is 6.73. The van der Waals surface area contributed by atoms with Crippen molar-refractivity contribution in [2.45, 2.75) is 31.9 Å². The van der Waals surface area contributed by atoms with Crippen LogP contribution in [0.5, 0.6) is 5.75 Å². The van der Waals surface area contributed by atoms with Crippen molar-refractivity contribution < 1.29 is 14.2 Å². The minimum atomic E-state index is -0.100. The quantitative estimate of drug-likeness (QED) is 0.699. The van der Waals surface area contributed by atoms with Crippen LogP contribution in [0.25, 0.3) is 0 Å². The van der Waals surface area contributed by atoms with Gasteiger partial charge in [0.15, 0.2) is 0 Å². The number of ether oxygens (including phenoxy) is 3. The van der Waals surface area contributed by atoms with Gasteiger partial charge in [-0.2, -0.15) is 0 Å². The molecule has 0 aliphatic rings. The lowest BCUT2D eigenvalue weighted by Gasteiger charge is -2.24. The molecule has 4 heteroatoms. The minimum Gasteiger partial charge on any atom is -0.497 e. The van der Waals surface area contributed by atoms with Crippen LogP contribution in [-0.4, -0.2) is 33.5 Å². The molecular weight excluding hydrogens is 242 g/mol. The van der Waals surface area contributed by atoms with Crippen molar-refractivity contribution >= 4 is 0 Å². The first kappa shape index (κ1) is 16.0. The molecule has 0 saturated carbocycles. The third kappa shape index (κ3) is 5.19. The lowest BCUT2D eigenvalue weighted by Crippen LogP contribution is -2.30. The van der Waals surface area contributed by atoms with Crippen molar-refractivity contribution in [1.82, 2.24) is 0 Å². The van der Waals surface area contributed by atoms with Crippen LogP contribution < -0.4 is 10.5 Å². The maximum Gasteiger partial charge on any atom is 0.119 e. The van der Waals surface area contributed by atoms with Gasteiger partial charge >= 0.3 is 0 Å². The summed E-state index contributed by atoms with van der Waals surface area (Å²) in [7, 11) is 3.35. The molecular formula is C15H25NO3. The fourth-order valence-corrected chi connectivity index (χ4v) is 1.91. The zero-order valence-corrected chi connectivity index (χ0v) is 12.1. The van der Waals surface area contributed by atoms with E-state index < -0.39 is 0 Å². The molecule has 0 aromatic heterocycles. The number of benzene rings is 1. The van der Waals surface area contributed by atoms with Crippen LogP contribution in [-0.2, 0) is 9.47 Å². The smallest absolute Gasteiger partial charge is 0.119 e. The van der Waals surface area contributed by atoms with E-state index in [-0.39, 0.29) is 12.1 Å². The normalized spacial score (nSPS) is 14.1. The summed E-state index contributed by atoms with van der Waals surface area (Å²) in [5, 5.41) is 0. The third-order valence-corrected chi connectivity index (χ3v) is 3.07. The molecule has 0 fully saturated rings. The van der Waals surface area contributed by atoms with Crippen LogP contribution in [0, 0.1) is 0 Å². The molecule has 0 amide bonds. The largest absolute Gasteiger partial charge is 0.497 e. The van der Waals surface area contributed by atoms with Crippen molar-refractivity contribution in [2.75, 3.05) is 27.4 Å². The van der Waals surface area contributed by atoms with Crippen molar-refractivity contribution in [1.29, 1.82) is 0 Å². The first-order valence-corrected chi connectivity index (χ1v) is 6.73. The van der Waals surface area contributed by atoms with Gasteiger partial charge in [-0.1, -0.05) is 19.1 Å². The second-order valence-electron chi connectivity index (χ2n) is 4.49. The van der Waals surface area contributed by atoms with E-state index in [0.717, 1.165) is 24.2 Å². The molecule has 0 saturated heterocycles. The summed E-state index contributed by atoms with van der Waals surface area (Å²) in [5.74, 6) is 0.825. The van der Waals surface area contributed by atoms with Crippen LogP contribution in [0.3, 0.4) is 0 Å². The van der Waals surface area contributed by atoms with Gasteiger partial charge in [0, 0.05) is 26.4 Å². The van der Waals surface area contributed by atoms with Gasteiger partial charge in [-0.25, -0.2) is 0 Å². The molecule has 19 heavy (non-hydrogen) atoms. The van der Waals surface area contributed by atoms with Gasteiger partial charge in [-0.3, -0.25) is 0 Å². The van der Waals surface area contributed by atoms with Gasteiger partial charge in [0.2, 0.25) is 0 Å². The minimum absolute atomic E-state index is 0.0188. The van der Waals surface area contributed by atoms with E-state index in [1.165, 1.54) is 0 Å². The summed E-state index contributed by atoms with van der Waals surface area (Å²) in [6.45, 7) is 3.41. The molecule has 1 aromatic carbocycles. The van der Waals surface area contributed by atoms with Crippen LogP contribution >= 0.6 is 0 Å². The highest BCUT2D eigenvalue weighted by Gasteiger charge is 2.19. The lowest BCUT2D eigenvalue weighted by molar-refractivity contribution is 0.0221. The second-order valence-corrected chi connectivity index (χ2v) is 4.49. The standard InChI is InChI=1S/C15H25NO3/c1-4-14(16)15(19-10-6-9-17-2)12-7-5-8-13(11-12)18-3/h5,7-8,11,14-15H,4,6,9-10,16H2,1-3H3. The molecule has 0 aliphatic carbocycles. The van der Waals surface area contributed by atoms with E-state index >= 15 is 0 Å². The second kappa shape index (κ2) is 8.91. The summed E-state index contributed by atoms with van der Waals surface area (Å²) < 4.78 is 16.2. The molecule has 1 aromatic rings. The summed E-state index contributed by atoms with van der Waals surface area (Å²) in [6.07, 6.45) is 1.64. The summed E-state index contributed by atoms with van der Waals surface area (Å²) in [5.41, 5.74) is 7.22. The molecule has 2 unspecified atom stereocenters. The van der Waals surface area contributed by atoms with E-state index in [1.807, 2.05) is 24.3 Å². The van der Waals surface area contributed by atoms with Gasteiger partial charge in [-0.15, -0.1) is 0 Å². The molecule has 108 valence electrons. The van der Waals surface area contributed by atoms with Gasteiger partial charge < -0.3 is 19.9 Å². The Morgan fingerprint density at radius 3 is 2.63 bits per heavy atom. The van der Waals surface area contributed by atoms with Crippen LogP contribution in [0.2, 0.25) is 0 Å². The molecule has 0 radical (unpaired) electrons. The molecule has 4 nitrogen and oxygen atoms in total.